The first-order chi connectivity index (χ1) is 8.20. The first-order valence-corrected chi connectivity index (χ1v) is 5.56. The van der Waals surface area contributed by atoms with Gasteiger partial charge in [-0.2, -0.15) is 0 Å². The van der Waals surface area contributed by atoms with Crippen molar-refractivity contribution in [1.82, 2.24) is 0 Å². The normalized spacial score (nSPS) is 20.9. The van der Waals surface area contributed by atoms with Crippen LogP contribution in [0.3, 0.4) is 0 Å². The van der Waals surface area contributed by atoms with Gasteiger partial charge in [0.25, 0.3) is 0 Å². The van der Waals surface area contributed by atoms with E-state index in [0.717, 1.165) is 0 Å². The second-order valence-electron chi connectivity index (χ2n) is 4.35. The minimum atomic E-state index is -1.66. The number of hydrogen-bond donors (Lipinski definition) is 0. The van der Waals surface area contributed by atoms with E-state index in [-0.39, 0.29) is 5.57 Å². The van der Waals surface area contributed by atoms with Crippen molar-refractivity contribution < 1.29 is 28.5 Å². The monoisotopic (exact) mass is 258 g/mol. The van der Waals surface area contributed by atoms with Gasteiger partial charge in [0.15, 0.2) is 0 Å². The number of carbonyl (C=O) groups excluding carboxylic acids is 2. The van der Waals surface area contributed by atoms with Crippen molar-refractivity contribution in [3.63, 3.8) is 0 Å². The van der Waals surface area contributed by atoms with Gasteiger partial charge in [0.05, 0.1) is 13.2 Å². The third-order valence-electron chi connectivity index (χ3n) is 2.64. The Kier molecular flexibility index (Phi) is 4.13. The molecule has 1 fully saturated rings. The minimum Gasteiger partial charge on any atom is -0.417 e. The summed E-state index contributed by atoms with van der Waals surface area (Å²) in [7, 11) is 0. The predicted octanol–water partition coefficient (Wildman–Crippen LogP) is 1.15. The third kappa shape index (κ3) is 2.88. The van der Waals surface area contributed by atoms with Gasteiger partial charge < -0.3 is 18.9 Å². The quantitative estimate of drug-likeness (QED) is 0.428. The Bertz CT molecular complexity index is 369. The Balaban J connectivity index is 2.97. The van der Waals surface area contributed by atoms with Crippen molar-refractivity contribution in [2.75, 3.05) is 13.2 Å². The molecule has 0 amide bonds. The maximum atomic E-state index is 11.6. The predicted molar refractivity (Wildman–Crippen MR) is 61.4 cm³/mol. The first-order valence-electron chi connectivity index (χ1n) is 5.56. The molecule has 1 aliphatic heterocycles. The highest BCUT2D eigenvalue weighted by molar-refractivity contribution is 5.87. The van der Waals surface area contributed by atoms with Crippen molar-refractivity contribution in [1.29, 1.82) is 0 Å². The third-order valence-corrected chi connectivity index (χ3v) is 2.64. The average Bonchev–Trinajstić information content (AvgIpc) is 2.65. The lowest BCUT2D eigenvalue weighted by Crippen LogP contribution is -2.56. The van der Waals surface area contributed by atoms with Crippen LogP contribution in [0.15, 0.2) is 12.2 Å². The van der Waals surface area contributed by atoms with Gasteiger partial charge in [-0.3, -0.25) is 4.79 Å². The molecule has 0 aliphatic carbocycles. The van der Waals surface area contributed by atoms with Crippen molar-refractivity contribution >= 4 is 11.9 Å². The molecule has 1 heterocycles. The molecule has 0 saturated carbocycles. The molecular weight excluding hydrogens is 240 g/mol. The van der Waals surface area contributed by atoms with Crippen molar-refractivity contribution in [2.24, 2.45) is 0 Å². The summed E-state index contributed by atoms with van der Waals surface area (Å²) < 4.78 is 21.0. The molecule has 0 spiro atoms. The number of ether oxygens (including phenoxy) is 4. The number of rotatable bonds is 4. The molecule has 0 bridgehead atoms. The van der Waals surface area contributed by atoms with Gasteiger partial charge in [0.1, 0.15) is 0 Å². The summed E-state index contributed by atoms with van der Waals surface area (Å²) in [4.78, 5) is 22.8. The van der Waals surface area contributed by atoms with E-state index in [0.29, 0.717) is 13.2 Å². The van der Waals surface area contributed by atoms with Crippen LogP contribution in [0.1, 0.15) is 27.7 Å². The maximum absolute atomic E-state index is 11.6. The fourth-order valence-corrected chi connectivity index (χ4v) is 1.52. The van der Waals surface area contributed by atoms with E-state index < -0.39 is 23.5 Å². The molecule has 0 radical (unpaired) electrons. The minimum absolute atomic E-state index is 0.190. The summed E-state index contributed by atoms with van der Waals surface area (Å²) in [5.74, 6) is -4.28. The zero-order valence-electron chi connectivity index (χ0n) is 11.1. The Hall–Kier alpha value is -1.40. The van der Waals surface area contributed by atoms with E-state index in [4.69, 9.17) is 18.9 Å². The van der Waals surface area contributed by atoms with Gasteiger partial charge in [-0.25, -0.2) is 4.79 Å². The lowest BCUT2D eigenvalue weighted by molar-refractivity contribution is -0.340. The van der Waals surface area contributed by atoms with E-state index in [9.17, 15) is 9.59 Å². The van der Waals surface area contributed by atoms with E-state index in [1.807, 2.05) is 0 Å². The summed E-state index contributed by atoms with van der Waals surface area (Å²) in [6, 6.07) is 0. The van der Waals surface area contributed by atoms with Crippen LogP contribution in [-0.4, -0.2) is 36.7 Å². The van der Waals surface area contributed by atoms with Crippen molar-refractivity contribution in [3.05, 3.63) is 12.2 Å². The summed E-state index contributed by atoms with van der Waals surface area (Å²) in [6.07, 6.45) is 0. The molecule has 1 aliphatic rings. The lowest BCUT2D eigenvalue weighted by Gasteiger charge is -2.39. The second-order valence-corrected chi connectivity index (χ2v) is 4.35. The smallest absolute Gasteiger partial charge is 0.336 e. The molecule has 1 atom stereocenters. The SMILES string of the molecule is C=C(C)C(=O)OC(C)(OC(C)=O)C1(C)OCCO1. The zero-order chi connectivity index (χ0) is 14.0. The van der Waals surface area contributed by atoms with Gasteiger partial charge >= 0.3 is 17.7 Å². The Morgan fingerprint density at radius 1 is 1.22 bits per heavy atom. The molecule has 1 saturated heterocycles. The number of hydrogen-bond acceptors (Lipinski definition) is 6. The van der Waals surface area contributed by atoms with E-state index in [1.165, 1.54) is 20.8 Å². The molecule has 0 aromatic heterocycles. The standard InChI is InChI=1S/C12H18O6/c1-8(2)10(14)18-12(5,17-9(3)13)11(4)15-6-7-16-11/h1,6-7H2,2-5H3. The molecule has 1 unspecified atom stereocenters. The summed E-state index contributed by atoms with van der Waals surface area (Å²) >= 11 is 0. The Morgan fingerprint density at radius 2 is 1.72 bits per heavy atom. The molecule has 0 N–H and O–H groups in total. The molecule has 0 aromatic carbocycles. The average molecular weight is 258 g/mol. The van der Waals surface area contributed by atoms with Crippen LogP contribution in [0.4, 0.5) is 0 Å². The molecule has 18 heavy (non-hydrogen) atoms. The van der Waals surface area contributed by atoms with Crippen LogP contribution in [0.25, 0.3) is 0 Å². The second kappa shape index (κ2) is 5.07. The fraction of sp³-hybridized carbons (Fsp3) is 0.667. The van der Waals surface area contributed by atoms with Gasteiger partial charge in [-0.05, 0) is 13.8 Å². The van der Waals surface area contributed by atoms with Gasteiger partial charge in [0.2, 0.25) is 5.79 Å². The van der Waals surface area contributed by atoms with Crippen LogP contribution >= 0.6 is 0 Å². The van der Waals surface area contributed by atoms with Crippen LogP contribution in [0.5, 0.6) is 0 Å². The zero-order valence-corrected chi connectivity index (χ0v) is 11.1. The van der Waals surface area contributed by atoms with Crippen LogP contribution in [0.2, 0.25) is 0 Å². The molecular formula is C12H18O6. The summed E-state index contributed by atoms with van der Waals surface area (Å²) in [5, 5.41) is 0. The summed E-state index contributed by atoms with van der Waals surface area (Å²) in [5.41, 5.74) is 0.190. The summed E-state index contributed by atoms with van der Waals surface area (Å²) in [6.45, 7) is 9.81. The first kappa shape index (κ1) is 14.7. The van der Waals surface area contributed by atoms with Crippen molar-refractivity contribution in [3.8, 4) is 0 Å². The molecule has 0 aromatic rings. The van der Waals surface area contributed by atoms with Gasteiger partial charge in [-0.15, -0.1) is 0 Å². The van der Waals surface area contributed by atoms with Crippen LogP contribution in [0, 0.1) is 0 Å². The highest BCUT2D eigenvalue weighted by Crippen LogP contribution is 2.36. The largest absolute Gasteiger partial charge is 0.417 e. The van der Waals surface area contributed by atoms with Gasteiger partial charge in [0, 0.05) is 19.4 Å². The maximum Gasteiger partial charge on any atom is 0.336 e. The Labute approximate surface area is 106 Å². The highest BCUT2D eigenvalue weighted by atomic mass is 16.8. The number of carbonyl (C=O) groups is 2. The topological polar surface area (TPSA) is 71.1 Å². The molecule has 1 rings (SSSR count). The molecule has 6 nitrogen and oxygen atoms in total. The van der Waals surface area contributed by atoms with Crippen LogP contribution < -0.4 is 0 Å². The number of esters is 2. The Morgan fingerprint density at radius 3 is 2.11 bits per heavy atom. The van der Waals surface area contributed by atoms with Gasteiger partial charge in [-0.1, -0.05) is 6.58 Å². The molecule has 6 heteroatoms. The molecule has 102 valence electrons. The fourth-order valence-electron chi connectivity index (χ4n) is 1.52. The van der Waals surface area contributed by atoms with E-state index >= 15 is 0 Å². The van der Waals surface area contributed by atoms with E-state index in [2.05, 4.69) is 6.58 Å². The van der Waals surface area contributed by atoms with Crippen molar-refractivity contribution in [2.45, 2.75) is 39.3 Å². The lowest BCUT2D eigenvalue weighted by atomic mass is 10.1. The van der Waals surface area contributed by atoms with Crippen LogP contribution in [-0.2, 0) is 28.5 Å². The van der Waals surface area contributed by atoms with E-state index in [1.54, 1.807) is 6.92 Å². The highest BCUT2D eigenvalue weighted by Gasteiger charge is 2.56.